The predicted molar refractivity (Wildman–Crippen MR) is 121 cm³/mol. The molecule has 2 aromatic carbocycles. The standard InChI is InChI=1S/C22H26N2O3S2/c1-15(2)13-23-22(25)21-12-18-11-19(9-10-20(18)28-21)24(29(4,26)27)14-17-7-5-16(3)6-8-17/h5-12,15H,13-14H2,1-4H3,(H,23,25). The van der Waals surface area contributed by atoms with Crippen molar-refractivity contribution in [1.29, 1.82) is 0 Å². The highest BCUT2D eigenvalue weighted by Gasteiger charge is 2.19. The number of carbonyl (C=O) groups is 1. The van der Waals surface area contributed by atoms with Crippen molar-refractivity contribution in [2.75, 3.05) is 17.1 Å². The number of hydrogen-bond donors (Lipinski definition) is 1. The molecule has 1 aromatic heterocycles. The highest BCUT2D eigenvalue weighted by molar-refractivity contribution is 7.92. The van der Waals surface area contributed by atoms with Crippen LogP contribution < -0.4 is 9.62 Å². The third-order valence-electron chi connectivity index (χ3n) is 4.53. The van der Waals surface area contributed by atoms with E-state index in [1.54, 1.807) is 6.07 Å². The van der Waals surface area contributed by atoms with Crippen LogP contribution in [-0.4, -0.2) is 27.1 Å². The monoisotopic (exact) mass is 430 g/mol. The Morgan fingerprint density at radius 1 is 1.10 bits per heavy atom. The van der Waals surface area contributed by atoms with E-state index in [2.05, 4.69) is 5.32 Å². The van der Waals surface area contributed by atoms with Crippen molar-refractivity contribution in [3.8, 4) is 0 Å². The van der Waals surface area contributed by atoms with Crippen molar-refractivity contribution in [2.24, 2.45) is 5.92 Å². The molecule has 0 aliphatic heterocycles. The first-order valence-electron chi connectivity index (χ1n) is 9.48. The molecule has 0 fully saturated rings. The lowest BCUT2D eigenvalue weighted by molar-refractivity contribution is 0.0953. The van der Waals surface area contributed by atoms with Crippen LogP contribution in [0.4, 0.5) is 5.69 Å². The fourth-order valence-electron chi connectivity index (χ4n) is 2.94. The van der Waals surface area contributed by atoms with Gasteiger partial charge >= 0.3 is 0 Å². The molecule has 0 atom stereocenters. The molecule has 0 saturated carbocycles. The summed E-state index contributed by atoms with van der Waals surface area (Å²) in [5, 5.41) is 3.78. The number of sulfonamides is 1. The lowest BCUT2D eigenvalue weighted by atomic mass is 10.1. The van der Waals surface area contributed by atoms with Gasteiger partial charge in [-0.15, -0.1) is 11.3 Å². The van der Waals surface area contributed by atoms with E-state index in [9.17, 15) is 13.2 Å². The molecule has 1 amide bonds. The average Bonchev–Trinajstić information content (AvgIpc) is 3.08. The van der Waals surface area contributed by atoms with Gasteiger partial charge in [0.1, 0.15) is 0 Å². The molecule has 0 saturated heterocycles. The van der Waals surface area contributed by atoms with Crippen LogP contribution >= 0.6 is 11.3 Å². The number of thiophene rings is 1. The molecule has 29 heavy (non-hydrogen) atoms. The van der Waals surface area contributed by atoms with Crippen molar-refractivity contribution in [1.82, 2.24) is 5.32 Å². The Morgan fingerprint density at radius 3 is 2.41 bits per heavy atom. The van der Waals surface area contributed by atoms with E-state index < -0.39 is 10.0 Å². The molecule has 154 valence electrons. The van der Waals surface area contributed by atoms with Crippen LogP contribution in [-0.2, 0) is 16.6 Å². The lowest BCUT2D eigenvalue weighted by Crippen LogP contribution is -2.29. The zero-order chi connectivity index (χ0) is 21.2. The number of aryl methyl sites for hydroxylation is 1. The van der Waals surface area contributed by atoms with Crippen molar-refractivity contribution in [3.63, 3.8) is 0 Å². The summed E-state index contributed by atoms with van der Waals surface area (Å²) in [5.74, 6) is 0.283. The highest BCUT2D eigenvalue weighted by Crippen LogP contribution is 2.31. The van der Waals surface area contributed by atoms with E-state index in [-0.39, 0.29) is 12.5 Å². The molecular weight excluding hydrogens is 404 g/mol. The molecule has 0 unspecified atom stereocenters. The Morgan fingerprint density at radius 2 is 1.79 bits per heavy atom. The van der Waals surface area contributed by atoms with Gasteiger partial charge in [0.25, 0.3) is 5.91 Å². The summed E-state index contributed by atoms with van der Waals surface area (Å²) in [5.41, 5.74) is 2.63. The van der Waals surface area contributed by atoms with Crippen molar-refractivity contribution in [2.45, 2.75) is 27.3 Å². The number of benzene rings is 2. The van der Waals surface area contributed by atoms with Gasteiger partial charge in [0, 0.05) is 11.2 Å². The summed E-state index contributed by atoms with van der Waals surface area (Å²) < 4.78 is 27.3. The lowest BCUT2D eigenvalue weighted by Gasteiger charge is -2.22. The van der Waals surface area contributed by atoms with Crippen LogP contribution in [0.3, 0.4) is 0 Å². The van der Waals surface area contributed by atoms with Gasteiger partial charge in [-0.1, -0.05) is 43.7 Å². The van der Waals surface area contributed by atoms with Crippen LogP contribution in [0.1, 0.15) is 34.6 Å². The summed E-state index contributed by atoms with van der Waals surface area (Å²) in [7, 11) is -3.47. The van der Waals surface area contributed by atoms with E-state index in [1.807, 2.05) is 63.2 Å². The number of nitrogens with zero attached hydrogens (tertiary/aromatic N) is 1. The Labute approximate surface area is 176 Å². The maximum atomic E-state index is 12.5. The van der Waals surface area contributed by atoms with Crippen molar-refractivity contribution < 1.29 is 13.2 Å². The second kappa shape index (κ2) is 8.55. The molecule has 0 aliphatic carbocycles. The van der Waals surface area contributed by atoms with Gasteiger partial charge in [-0.2, -0.15) is 0 Å². The molecule has 0 radical (unpaired) electrons. The first-order valence-corrected chi connectivity index (χ1v) is 12.1. The molecule has 3 aromatic rings. The zero-order valence-electron chi connectivity index (χ0n) is 17.1. The zero-order valence-corrected chi connectivity index (χ0v) is 18.7. The number of nitrogens with one attached hydrogen (secondary N) is 1. The van der Waals surface area contributed by atoms with Crippen molar-refractivity contribution in [3.05, 3.63) is 64.5 Å². The fourth-order valence-corrected chi connectivity index (χ4v) is 4.78. The number of fused-ring (bicyclic) bond motifs is 1. The Kier molecular flexibility index (Phi) is 6.29. The van der Waals surface area contributed by atoms with Gasteiger partial charge in [0.2, 0.25) is 10.0 Å². The van der Waals surface area contributed by atoms with Gasteiger partial charge in [-0.05, 0) is 48.1 Å². The van der Waals surface area contributed by atoms with Crippen LogP contribution in [0, 0.1) is 12.8 Å². The fraction of sp³-hybridized carbons (Fsp3) is 0.318. The average molecular weight is 431 g/mol. The van der Waals surface area contributed by atoms with E-state index in [1.165, 1.54) is 21.9 Å². The number of anilines is 1. The highest BCUT2D eigenvalue weighted by atomic mass is 32.2. The van der Waals surface area contributed by atoms with Gasteiger partial charge in [-0.25, -0.2) is 8.42 Å². The van der Waals surface area contributed by atoms with Gasteiger partial charge in [-0.3, -0.25) is 9.10 Å². The van der Waals surface area contributed by atoms with E-state index in [0.29, 0.717) is 23.0 Å². The minimum atomic E-state index is -3.47. The third kappa shape index (κ3) is 5.36. The Balaban J connectivity index is 1.91. The summed E-state index contributed by atoms with van der Waals surface area (Å²) in [6.45, 7) is 6.97. The first kappa shape index (κ1) is 21.3. The van der Waals surface area contributed by atoms with Gasteiger partial charge < -0.3 is 5.32 Å². The normalized spacial score (nSPS) is 11.8. The molecule has 0 bridgehead atoms. The topological polar surface area (TPSA) is 66.5 Å². The largest absolute Gasteiger partial charge is 0.351 e. The molecule has 1 heterocycles. The minimum Gasteiger partial charge on any atom is -0.351 e. The molecule has 0 spiro atoms. The van der Waals surface area contributed by atoms with Crippen LogP contribution in [0.25, 0.3) is 10.1 Å². The summed E-state index contributed by atoms with van der Waals surface area (Å²) in [6, 6.07) is 15.2. The van der Waals surface area contributed by atoms with Crippen LogP contribution in [0.2, 0.25) is 0 Å². The summed E-state index contributed by atoms with van der Waals surface area (Å²) in [4.78, 5) is 13.0. The molecule has 0 aliphatic rings. The molecule has 1 N–H and O–H groups in total. The molecular formula is C22H26N2O3S2. The van der Waals surface area contributed by atoms with Gasteiger partial charge in [0.15, 0.2) is 0 Å². The molecule has 7 heteroatoms. The Bertz CT molecular complexity index is 1120. The van der Waals surface area contributed by atoms with E-state index >= 15 is 0 Å². The number of amides is 1. The van der Waals surface area contributed by atoms with Crippen LogP contribution in [0.5, 0.6) is 0 Å². The summed E-state index contributed by atoms with van der Waals surface area (Å²) in [6.07, 6.45) is 1.21. The SMILES string of the molecule is Cc1ccc(CN(c2ccc3sc(C(=O)NCC(C)C)cc3c2)S(C)(=O)=O)cc1. The second-order valence-electron chi connectivity index (χ2n) is 7.69. The first-order chi connectivity index (χ1) is 13.6. The number of hydrogen-bond acceptors (Lipinski definition) is 4. The van der Waals surface area contributed by atoms with Crippen LogP contribution in [0.15, 0.2) is 48.5 Å². The maximum Gasteiger partial charge on any atom is 0.261 e. The number of carbonyl (C=O) groups excluding carboxylic acids is 1. The minimum absolute atomic E-state index is 0.0962. The molecule has 5 nitrogen and oxygen atoms in total. The maximum absolute atomic E-state index is 12.5. The number of rotatable bonds is 7. The van der Waals surface area contributed by atoms with Gasteiger partial charge in [0.05, 0.1) is 23.4 Å². The summed E-state index contributed by atoms with van der Waals surface area (Å²) >= 11 is 1.41. The Hall–Kier alpha value is -2.38. The van der Waals surface area contributed by atoms with E-state index in [0.717, 1.165) is 21.2 Å². The smallest absolute Gasteiger partial charge is 0.261 e. The van der Waals surface area contributed by atoms with Crippen molar-refractivity contribution >= 4 is 43.0 Å². The molecule has 3 rings (SSSR count). The van der Waals surface area contributed by atoms with E-state index in [4.69, 9.17) is 0 Å². The third-order valence-corrected chi connectivity index (χ3v) is 6.79. The second-order valence-corrected chi connectivity index (χ2v) is 10.7. The predicted octanol–water partition coefficient (Wildman–Crippen LogP) is 4.56. The quantitative estimate of drug-likeness (QED) is 0.597.